The van der Waals surface area contributed by atoms with Crippen LogP contribution in [-0.2, 0) is 0 Å². The number of aryl methyl sites for hydroxylation is 1. The molecule has 2 N–H and O–H groups in total. The van der Waals surface area contributed by atoms with E-state index in [9.17, 15) is 9.50 Å². The molecule has 3 heteroatoms. The summed E-state index contributed by atoms with van der Waals surface area (Å²) in [6.45, 7) is 4.14. The Balaban J connectivity index is 2.55. The predicted octanol–water partition coefficient (Wildman–Crippen LogP) is 2.32. The third kappa shape index (κ3) is 3.00. The molecule has 0 aliphatic carbocycles. The zero-order valence-corrected chi connectivity index (χ0v) is 8.55. The van der Waals surface area contributed by atoms with Gasteiger partial charge in [0.25, 0.3) is 0 Å². The van der Waals surface area contributed by atoms with Gasteiger partial charge in [-0.2, -0.15) is 0 Å². The number of benzene rings is 1. The summed E-state index contributed by atoms with van der Waals surface area (Å²) >= 11 is 0. The van der Waals surface area contributed by atoms with Crippen LogP contribution in [-0.4, -0.2) is 17.8 Å². The molecule has 1 aromatic rings. The van der Waals surface area contributed by atoms with Crippen molar-refractivity contribution in [1.82, 2.24) is 0 Å². The number of aliphatic hydroxyl groups is 1. The first-order chi connectivity index (χ1) is 6.63. The lowest BCUT2D eigenvalue weighted by Crippen LogP contribution is -2.18. The van der Waals surface area contributed by atoms with Crippen molar-refractivity contribution in [3.63, 3.8) is 0 Å². The van der Waals surface area contributed by atoms with Gasteiger partial charge in [-0.1, -0.05) is 6.92 Å². The molecule has 78 valence electrons. The molecule has 0 bridgehead atoms. The topological polar surface area (TPSA) is 32.3 Å². The first-order valence-electron chi connectivity index (χ1n) is 4.81. The van der Waals surface area contributed by atoms with E-state index in [0.717, 1.165) is 5.69 Å². The minimum atomic E-state index is -0.347. The quantitative estimate of drug-likeness (QED) is 0.776. The van der Waals surface area contributed by atoms with Gasteiger partial charge in [0.05, 0.1) is 6.10 Å². The lowest BCUT2D eigenvalue weighted by molar-refractivity contribution is 0.183. The van der Waals surface area contributed by atoms with E-state index < -0.39 is 0 Å². The molecule has 0 heterocycles. The Bertz CT molecular complexity index is 301. The van der Waals surface area contributed by atoms with Gasteiger partial charge in [0, 0.05) is 12.2 Å². The molecular weight excluding hydrogens is 181 g/mol. The van der Waals surface area contributed by atoms with Crippen LogP contribution in [0.2, 0.25) is 0 Å². The zero-order valence-electron chi connectivity index (χ0n) is 8.55. The van der Waals surface area contributed by atoms with Crippen molar-refractivity contribution >= 4 is 5.69 Å². The molecule has 1 atom stereocenters. The highest BCUT2D eigenvalue weighted by atomic mass is 19.1. The summed E-state index contributed by atoms with van der Waals surface area (Å²) in [5, 5.41) is 12.4. The second-order valence-corrected chi connectivity index (χ2v) is 3.41. The van der Waals surface area contributed by atoms with Crippen LogP contribution in [0, 0.1) is 12.7 Å². The van der Waals surface area contributed by atoms with Gasteiger partial charge in [0.1, 0.15) is 5.82 Å². The van der Waals surface area contributed by atoms with E-state index in [0.29, 0.717) is 18.5 Å². The first kappa shape index (κ1) is 11.0. The molecule has 1 unspecified atom stereocenters. The summed E-state index contributed by atoms with van der Waals surface area (Å²) in [5.74, 6) is -0.202. The van der Waals surface area contributed by atoms with Crippen molar-refractivity contribution in [1.29, 1.82) is 0 Å². The fraction of sp³-hybridized carbons (Fsp3) is 0.455. The number of anilines is 1. The van der Waals surface area contributed by atoms with Crippen LogP contribution in [0.1, 0.15) is 18.9 Å². The average Bonchev–Trinajstić information content (AvgIpc) is 2.19. The second-order valence-electron chi connectivity index (χ2n) is 3.41. The lowest BCUT2D eigenvalue weighted by atomic mass is 10.2. The van der Waals surface area contributed by atoms with E-state index in [2.05, 4.69) is 5.32 Å². The van der Waals surface area contributed by atoms with Gasteiger partial charge in [-0.05, 0) is 37.1 Å². The van der Waals surface area contributed by atoms with Gasteiger partial charge in [0.15, 0.2) is 0 Å². The van der Waals surface area contributed by atoms with E-state index in [1.54, 1.807) is 19.1 Å². The number of rotatable bonds is 4. The molecule has 0 saturated carbocycles. The van der Waals surface area contributed by atoms with Crippen LogP contribution in [0.15, 0.2) is 18.2 Å². The molecule has 0 fully saturated rings. The Kier molecular flexibility index (Phi) is 3.89. The van der Waals surface area contributed by atoms with Crippen molar-refractivity contribution in [2.24, 2.45) is 0 Å². The summed E-state index contributed by atoms with van der Waals surface area (Å²) in [6.07, 6.45) is 0.369. The van der Waals surface area contributed by atoms with Gasteiger partial charge >= 0.3 is 0 Å². The molecule has 0 saturated heterocycles. The van der Waals surface area contributed by atoms with Gasteiger partial charge in [-0.15, -0.1) is 0 Å². The predicted molar refractivity (Wildman–Crippen MR) is 55.9 cm³/mol. The summed E-state index contributed by atoms with van der Waals surface area (Å²) in [7, 11) is 0. The Morgan fingerprint density at radius 2 is 2.21 bits per heavy atom. The molecule has 0 aliphatic rings. The first-order valence-corrected chi connectivity index (χ1v) is 4.81. The Morgan fingerprint density at radius 1 is 1.50 bits per heavy atom. The van der Waals surface area contributed by atoms with Crippen LogP contribution in [0.25, 0.3) is 0 Å². The Labute approximate surface area is 83.8 Å². The number of aliphatic hydroxyl groups excluding tert-OH is 1. The monoisotopic (exact) mass is 197 g/mol. The van der Waals surface area contributed by atoms with E-state index in [-0.39, 0.29) is 11.9 Å². The van der Waals surface area contributed by atoms with Crippen molar-refractivity contribution < 1.29 is 9.50 Å². The molecule has 14 heavy (non-hydrogen) atoms. The van der Waals surface area contributed by atoms with Gasteiger partial charge in [0.2, 0.25) is 0 Å². The van der Waals surface area contributed by atoms with Crippen LogP contribution < -0.4 is 5.32 Å². The zero-order chi connectivity index (χ0) is 10.6. The Hall–Kier alpha value is -1.09. The normalized spacial score (nSPS) is 12.6. The highest BCUT2D eigenvalue weighted by molar-refractivity contribution is 5.45. The SMILES string of the molecule is CCC(O)CNc1ccc(F)c(C)c1. The van der Waals surface area contributed by atoms with Crippen LogP contribution in [0.5, 0.6) is 0 Å². The van der Waals surface area contributed by atoms with Crippen LogP contribution in [0.4, 0.5) is 10.1 Å². The summed E-state index contributed by atoms with van der Waals surface area (Å²) in [6, 6.07) is 4.83. The highest BCUT2D eigenvalue weighted by Crippen LogP contribution is 2.13. The molecule has 0 aromatic heterocycles. The Morgan fingerprint density at radius 3 is 2.79 bits per heavy atom. The number of hydrogen-bond acceptors (Lipinski definition) is 2. The van der Waals surface area contributed by atoms with Gasteiger partial charge in [-0.3, -0.25) is 0 Å². The third-order valence-corrected chi connectivity index (χ3v) is 2.17. The number of hydrogen-bond donors (Lipinski definition) is 2. The molecule has 0 spiro atoms. The maximum absolute atomic E-state index is 12.9. The molecule has 0 aliphatic heterocycles. The fourth-order valence-electron chi connectivity index (χ4n) is 1.13. The molecule has 1 aromatic carbocycles. The number of nitrogens with one attached hydrogen (secondary N) is 1. The minimum absolute atomic E-state index is 0.202. The van der Waals surface area contributed by atoms with E-state index >= 15 is 0 Å². The standard InChI is InChI=1S/C11H16FNO/c1-3-10(14)7-13-9-4-5-11(12)8(2)6-9/h4-6,10,13-14H,3,7H2,1-2H3. The second kappa shape index (κ2) is 4.96. The largest absolute Gasteiger partial charge is 0.391 e. The number of halogens is 1. The van der Waals surface area contributed by atoms with E-state index in [4.69, 9.17) is 0 Å². The van der Waals surface area contributed by atoms with Crippen molar-refractivity contribution in [3.8, 4) is 0 Å². The van der Waals surface area contributed by atoms with Crippen molar-refractivity contribution in [2.45, 2.75) is 26.4 Å². The maximum atomic E-state index is 12.9. The van der Waals surface area contributed by atoms with Gasteiger partial charge < -0.3 is 10.4 Å². The summed E-state index contributed by atoms with van der Waals surface area (Å²) in [5.41, 5.74) is 1.46. The van der Waals surface area contributed by atoms with Crippen LogP contribution in [0.3, 0.4) is 0 Å². The van der Waals surface area contributed by atoms with E-state index in [1.165, 1.54) is 6.07 Å². The summed E-state index contributed by atoms with van der Waals surface area (Å²) in [4.78, 5) is 0. The molecule has 1 rings (SSSR count). The summed E-state index contributed by atoms with van der Waals surface area (Å²) < 4.78 is 12.9. The smallest absolute Gasteiger partial charge is 0.126 e. The average molecular weight is 197 g/mol. The molecule has 0 radical (unpaired) electrons. The maximum Gasteiger partial charge on any atom is 0.126 e. The fourth-order valence-corrected chi connectivity index (χ4v) is 1.13. The molecule has 2 nitrogen and oxygen atoms in total. The highest BCUT2D eigenvalue weighted by Gasteiger charge is 2.01. The van der Waals surface area contributed by atoms with E-state index in [1.807, 2.05) is 6.92 Å². The minimum Gasteiger partial charge on any atom is -0.391 e. The van der Waals surface area contributed by atoms with Crippen molar-refractivity contribution in [3.05, 3.63) is 29.6 Å². The van der Waals surface area contributed by atoms with Crippen LogP contribution >= 0.6 is 0 Å². The van der Waals surface area contributed by atoms with Gasteiger partial charge in [-0.25, -0.2) is 4.39 Å². The molecular formula is C11H16FNO. The van der Waals surface area contributed by atoms with Crippen molar-refractivity contribution in [2.75, 3.05) is 11.9 Å². The molecule has 0 amide bonds. The lowest BCUT2D eigenvalue weighted by Gasteiger charge is -2.11. The third-order valence-electron chi connectivity index (χ3n) is 2.17.